The molecular formula is C33H29N5O2S. The Morgan fingerprint density at radius 1 is 0.854 bits per heavy atom. The molecule has 1 amide bonds. The molecule has 5 aromatic rings. The lowest BCUT2D eigenvalue weighted by Crippen LogP contribution is -2.31. The van der Waals surface area contributed by atoms with Crippen LogP contribution in [0.15, 0.2) is 106 Å². The number of aryl methyl sites for hydroxylation is 2. The van der Waals surface area contributed by atoms with E-state index in [2.05, 4.69) is 17.1 Å². The highest BCUT2D eigenvalue weighted by Gasteiger charge is 2.33. The Morgan fingerprint density at radius 3 is 2.29 bits per heavy atom. The van der Waals surface area contributed by atoms with Crippen LogP contribution in [0.5, 0.6) is 0 Å². The molecule has 3 aromatic carbocycles. The van der Waals surface area contributed by atoms with Crippen LogP contribution in [0.25, 0.3) is 17.0 Å². The van der Waals surface area contributed by atoms with Crippen molar-refractivity contribution in [2.75, 3.05) is 6.54 Å². The first-order valence-electron chi connectivity index (χ1n) is 13.5. The summed E-state index contributed by atoms with van der Waals surface area (Å²) in [7, 11) is 0. The van der Waals surface area contributed by atoms with E-state index in [0.29, 0.717) is 33.3 Å². The van der Waals surface area contributed by atoms with Crippen LogP contribution in [0.4, 0.5) is 5.69 Å². The third kappa shape index (κ3) is 5.14. The Bertz CT molecular complexity index is 1890. The Kier molecular flexibility index (Phi) is 7.15. The number of hydrogen-bond donors (Lipinski definition) is 0. The summed E-state index contributed by atoms with van der Waals surface area (Å²) >= 11 is 1.38. The van der Waals surface area contributed by atoms with Gasteiger partial charge in [0.1, 0.15) is 5.82 Å². The zero-order valence-electron chi connectivity index (χ0n) is 23.1. The van der Waals surface area contributed by atoms with Crippen molar-refractivity contribution in [2.45, 2.75) is 27.2 Å². The average molecular weight is 560 g/mol. The summed E-state index contributed by atoms with van der Waals surface area (Å²) in [5.41, 5.74) is 5.07. The molecule has 204 valence electrons. The molecule has 0 N–H and O–H groups in total. The number of fused-ring (bicyclic) bond motifs is 1. The lowest BCUT2D eigenvalue weighted by molar-refractivity contribution is -0.122. The van der Waals surface area contributed by atoms with Gasteiger partial charge < -0.3 is 0 Å². The van der Waals surface area contributed by atoms with Crippen LogP contribution >= 0.6 is 11.8 Å². The van der Waals surface area contributed by atoms with E-state index in [1.54, 1.807) is 15.6 Å². The second kappa shape index (κ2) is 11.1. The zero-order chi connectivity index (χ0) is 28.5. The number of rotatable bonds is 6. The summed E-state index contributed by atoms with van der Waals surface area (Å²) < 4.78 is 3.48. The van der Waals surface area contributed by atoms with E-state index in [0.717, 1.165) is 34.6 Å². The minimum Gasteiger partial charge on any atom is -0.286 e. The molecular weight excluding hydrogens is 530 g/mol. The lowest BCUT2D eigenvalue weighted by atomic mass is 10.1. The lowest BCUT2D eigenvalue weighted by Gasteiger charge is -2.16. The van der Waals surface area contributed by atoms with Gasteiger partial charge in [-0.2, -0.15) is 4.68 Å². The van der Waals surface area contributed by atoms with E-state index in [4.69, 9.17) is 4.99 Å². The van der Waals surface area contributed by atoms with Gasteiger partial charge in [0.05, 0.1) is 21.5 Å². The highest BCUT2D eigenvalue weighted by molar-refractivity contribution is 8.18. The first kappa shape index (κ1) is 26.5. The van der Waals surface area contributed by atoms with Gasteiger partial charge in [-0.3, -0.25) is 19.2 Å². The number of aromatic nitrogens is 3. The van der Waals surface area contributed by atoms with Gasteiger partial charge in [0.2, 0.25) is 0 Å². The van der Waals surface area contributed by atoms with Crippen molar-refractivity contribution in [3.63, 3.8) is 0 Å². The molecule has 0 unspecified atom stereocenters. The van der Waals surface area contributed by atoms with Gasteiger partial charge in [0, 0.05) is 17.9 Å². The molecule has 0 radical (unpaired) electrons. The molecule has 0 aliphatic carbocycles. The van der Waals surface area contributed by atoms with Gasteiger partial charge in [-0.15, -0.1) is 0 Å². The minimum absolute atomic E-state index is 0.0777. The highest BCUT2D eigenvalue weighted by atomic mass is 32.2. The third-order valence-corrected chi connectivity index (χ3v) is 8.18. The van der Waals surface area contributed by atoms with E-state index in [-0.39, 0.29) is 11.5 Å². The molecule has 6 rings (SSSR count). The molecule has 0 saturated carbocycles. The summed E-state index contributed by atoms with van der Waals surface area (Å²) in [5.74, 6) is 0.511. The van der Waals surface area contributed by atoms with Crippen molar-refractivity contribution >= 4 is 45.5 Å². The van der Waals surface area contributed by atoms with Crippen LogP contribution in [-0.2, 0) is 11.2 Å². The molecule has 0 atom stereocenters. The molecule has 41 heavy (non-hydrogen) atoms. The number of para-hydroxylation sites is 2. The fourth-order valence-corrected chi connectivity index (χ4v) is 6.15. The molecule has 0 bridgehead atoms. The Labute approximate surface area is 242 Å². The topological polar surface area (TPSA) is 72.5 Å². The molecule has 8 heteroatoms. The maximum atomic E-state index is 13.7. The van der Waals surface area contributed by atoms with E-state index >= 15 is 0 Å². The van der Waals surface area contributed by atoms with Gasteiger partial charge in [-0.25, -0.2) is 9.98 Å². The van der Waals surface area contributed by atoms with Crippen LogP contribution in [-0.4, -0.2) is 36.9 Å². The fraction of sp³-hybridized carbons (Fsp3) is 0.152. The Morgan fingerprint density at radius 2 is 1.54 bits per heavy atom. The van der Waals surface area contributed by atoms with Gasteiger partial charge in [0.15, 0.2) is 5.17 Å². The van der Waals surface area contributed by atoms with Crippen LogP contribution in [0, 0.1) is 20.8 Å². The summed E-state index contributed by atoms with van der Waals surface area (Å²) in [6.45, 7) is 6.26. The van der Waals surface area contributed by atoms with E-state index in [9.17, 15) is 9.59 Å². The largest absolute Gasteiger partial charge is 0.286 e. The molecule has 2 aromatic heterocycles. The molecule has 1 saturated heterocycles. The fourth-order valence-electron chi connectivity index (χ4n) is 5.13. The van der Waals surface area contributed by atoms with Crippen LogP contribution in [0.2, 0.25) is 0 Å². The normalized spacial score (nSPS) is 15.5. The van der Waals surface area contributed by atoms with Crippen molar-refractivity contribution in [3.8, 4) is 0 Å². The maximum absolute atomic E-state index is 13.7. The summed E-state index contributed by atoms with van der Waals surface area (Å²) in [4.78, 5) is 39.1. The molecule has 3 heterocycles. The van der Waals surface area contributed by atoms with Crippen molar-refractivity contribution in [3.05, 3.63) is 135 Å². The number of hydrogen-bond acceptors (Lipinski definition) is 5. The SMILES string of the molecule is Cc1cc(C=C2SC(=Nc3ccccc3)N(CCc3ccccc3)C2=O)c(C)n1-n1c(C)nc2ccccc2c1=O. The van der Waals surface area contributed by atoms with E-state index in [1.807, 2.05) is 104 Å². The van der Waals surface area contributed by atoms with E-state index < -0.39 is 0 Å². The first-order valence-corrected chi connectivity index (χ1v) is 14.3. The number of aliphatic imine (C=N–C) groups is 1. The number of thioether (sulfide) groups is 1. The van der Waals surface area contributed by atoms with Crippen molar-refractivity contribution < 1.29 is 4.79 Å². The van der Waals surface area contributed by atoms with Crippen LogP contribution < -0.4 is 5.56 Å². The number of amides is 1. The third-order valence-electron chi connectivity index (χ3n) is 7.17. The standard InChI is InChI=1S/C33H29N5O2S/c1-22-20-26(23(2)37(22)38-24(3)34-29-17-11-10-16-28(29)31(38)39)21-30-32(40)36(19-18-25-12-6-4-7-13-25)33(41-30)35-27-14-8-5-9-15-27/h4-17,20-21H,18-19H2,1-3H3. The summed E-state index contributed by atoms with van der Waals surface area (Å²) in [6, 6.07) is 29.2. The Hall–Kier alpha value is -4.69. The summed E-state index contributed by atoms with van der Waals surface area (Å²) in [5, 5.41) is 1.21. The van der Waals surface area contributed by atoms with Gasteiger partial charge in [0.25, 0.3) is 11.5 Å². The molecule has 1 fully saturated rings. The Balaban J connectivity index is 1.38. The van der Waals surface area contributed by atoms with Crippen LogP contribution in [0.1, 0.15) is 28.3 Å². The molecule has 0 spiro atoms. The van der Waals surface area contributed by atoms with Crippen molar-refractivity contribution in [1.82, 2.24) is 19.2 Å². The second-order valence-corrected chi connectivity index (χ2v) is 11.0. The van der Waals surface area contributed by atoms with Gasteiger partial charge >= 0.3 is 0 Å². The molecule has 1 aliphatic rings. The number of amidine groups is 1. The monoisotopic (exact) mass is 559 g/mol. The van der Waals surface area contributed by atoms with Crippen molar-refractivity contribution in [1.29, 1.82) is 0 Å². The zero-order valence-corrected chi connectivity index (χ0v) is 23.9. The number of benzene rings is 3. The van der Waals surface area contributed by atoms with Crippen LogP contribution in [0.3, 0.4) is 0 Å². The molecule has 1 aliphatic heterocycles. The van der Waals surface area contributed by atoms with E-state index in [1.165, 1.54) is 11.8 Å². The van der Waals surface area contributed by atoms with Crippen molar-refractivity contribution in [2.24, 2.45) is 4.99 Å². The first-order chi connectivity index (χ1) is 19.9. The predicted molar refractivity (Wildman–Crippen MR) is 166 cm³/mol. The number of carbonyl (C=O) groups is 1. The maximum Gasteiger partial charge on any atom is 0.280 e. The predicted octanol–water partition coefficient (Wildman–Crippen LogP) is 6.28. The second-order valence-electron chi connectivity index (χ2n) is 9.96. The summed E-state index contributed by atoms with van der Waals surface area (Å²) in [6.07, 6.45) is 2.63. The smallest absolute Gasteiger partial charge is 0.280 e. The highest BCUT2D eigenvalue weighted by Crippen LogP contribution is 2.35. The minimum atomic E-state index is -0.134. The quantitative estimate of drug-likeness (QED) is 0.230. The van der Waals surface area contributed by atoms with Gasteiger partial charge in [-0.05, 0) is 86.5 Å². The number of nitrogens with zero attached hydrogens (tertiary/aromatic N) is 5. The number of carbonyl (C=O) groups excluding carboxylic acids is 1. The molecule has 7 nitrogen and oxygen atoms in total. The average Bonchev–Trinajstić information content (AvgIpc) is 3.42. The van der Waals surface area contributed by atoms with Gasteiger partial charge in [-0.1, -0.05) is 60.7 Å².